The van der Waals surface area contributed by atoms with Crippen LogP contribution in [0, 0.1) is 0 Å². The van der Waals surface area contributed by atoms with Crippen molar-refractivity contribution in [3.05, 3.63) is 45.9 Å². The van der Waals surface area contributed by atoms with E-state index in [0.717, 1.165) is 11.1 Å². The predicted molar refractivity (Wildman–Crippen MR) is 114 cm³/mol. The quantitative estimate of drug-likeness (QED) is 0.303. The summed E-state index contributed by atoms with van der Waals surface area (Å²) < 4.78 is 11.9. The first kappa shape index (κ1) is 20.6. The van der Waals surface area contributed by atoms with E-state index in [1.54, 1.807) is 14.2 Å². The maximum absolute atomic E-state index is 12.4. The van der Waals surface area contributed by atoms with E-state index in [2.05, 4.69) is 25.6 Å². The fraction of sp³-hybridized carbons (Fsp3) is 0.333. The molecule has 0 fully saturated rings. The molecule has 1 aromatic carbocycles. The standard InChI is InChI=1S/C18H23N7O3S/c1-20-17(29)21-9-11-3-5-12(6-4-11)10-25-15-13(22-18(25)26)14(19)23-16(24-15)28-8-7-27-2/h3-6H,7-10H2,1-2H3,(H,22,26)(H2,19,23,24)(H2,20,21,29). The Morgan fingerprint density at radius 1 is 1.24 bits per heavy atom. The number of H-pyrrole nitrogens is 1. The van der Waals surface area contributed by atoms with Crippen LogP contribution in [0.25, 0.3) is 11.2 Å². The SMILES string of the molecule is CNC(=S)NCc1ccc(Cn2c(=O)[nH]c3c(N)nc(OCCOC)nc32)cc1. The average molecular weight is 417 g/mol. The second kappa shape index (κ2) is 9.34. The van der Waals surface area contributed by atoms with Crippen molar-refractivity contribution in [2.45, 2.75) is 13.1 Å². The highest BCUT2D eigenvalue weighted by molar-refractivity contribution is 7.80. The molecule has 0 aliphatic rings. The van der Waals surface area contributed by atoms with Crippen LogP contribution in [0.2, 0.25) is 0 Å². The molecule has 2 heterocycles. The molecule has 0 saturated carbocycles. The van der Waals surface area contributed by atoms with Crippen LogP contribution in [0.5, 0.6) is 6.01 Å². The minimum Gasteiger partial charge on any atom is -0.461 e. The third kappa shape index (κ3) is 5.00. The first-order valence-electron chi connectivity index (χ1n) is 8.93. The van der Waals surface area contributed by atoms with Crippen molar-refractivity contribution in [2.75, 3.05) is 33.1 Å². The van der Waals surface area contributed by atoms with E-state index >= 15 is 0 Å². The predicted octanol–water partition coefficient (Wildman–Crippen LogP) is 0.369. The number of nitrogens with zero attached hydrogens (tertiary/aromatic N) is 3. The maximum Gasteiger partial charge on any atom is 0.328 e. The van der Waals surface area contributed by atoms with Gasteiger partial charge < -0.3 is 30.8 Å². The summed E-state index contributed by atoms with van der Waals surface area (Å²) in [5, 5.41) is 6.53. The number of aromatic amines is 1. The summed E-state index contributed by atoms with van der Waals surface area (Å²) in [7, 11) is 3.34. The van der Waals surface area contributed by atoms with Crippen molar-refractivity contribution in [1.29, 1.82) is 0 Å². The number of imidazole rings is 1. The van der Waals surface area contributed by atoms with Gasteiger partial charge >= 0.3 is 11.7 Å². The van der Waals surface area contributed by atoms with Crippen LogP contribution in [0.15, 0.2) is 29.1 Å². The van der Waals surface area contributed by atoms with E-state index in [-0.39, 0.29) is 24.1 Å². The largest absolute Gasteiger partial charge is 0.461 e. The number of aromatic nitrogens is 4. The van der Waals surface area contributed by atoms with Crippen molar-refractivity contribution >= 4 is 34.3 Å². The van der Waals surface area contributed by atoms with Crippen LogP contribution in [0.4, 0.5) is 5.82 Å². The topological polar surface area (TPSA) is 132 Å². The molecule has 154 valence electrons. The maximum atomic E-state index is 12.4. The van der Waals surface area contributed by atoms with Crippen LogP contribution in [0.1, 0.15) is 11.1 Å². The van der Waals surface area contributed by atoms with Gasteiger partial charge in [0, 0.05) is 20.7 Å². The van der Waals surface area contributed by atoms with E-state index in [0.29, 0.717) is 36.0 Å². The first-order chi connectivity index (χ1) is 14.0. The molecule has 11 heteroatoms. The van der Waals surface area contributed by atoms with Crippen molar-refractivity contribution in [1.82, 2.24) is 30.2 Å². The summed E-state index contributed by atoms with van der Waals surface area (Å²) in [6, 6.07) is 7.95. The molecule has 0 bridgehead atoms. The Hall–Kier alpha value is -3.18. The van der Waals surface area contributed by atoms with E-state index in [1.807, 2.05) is 24.3 Å². The van der Waals surface area contributed by atoms with Gasteiger partial charge in [-0.1, -0.05) is 24.3 Å². The van der Waals surface area contributed by atoms with Crippen molar-refractivity contribution in [2.24, 2.45) is 0 Å². The van der Waals surface area contributed by atoms with E-state index in [9.17, 15) is 4.79 Å². The molecule has 5 N–H and O–H groups in total. The monoisotopic (exact) mass is 417 g/mol. The molecule has 0 unspecified atom stereocenters. The van der Waals surface area contributed by atoms with Gasteiger partial charge in [0.15, 0.2) is 16.6 Å². The van der Waals surface area contributed by atoms with Crippen molar-refractivity contribution in [3.63, 3.8) is 0 Å². The molecule has 3 rings (SSSR count). The molecule has 3 aromatic rings. The lowest BCUT2D eigenvalue weighted by Crippen LogP contribution is -2.31. The van der Waals surface area contributed by atoms with Gasteiger partial charge in [0.1, 0.15) is 12.1 Å². The number of benzene rings is 1. The zero-order chi connectivity index (χ0) is 20.8. The smallest absolute Gasteiger partial charge is 0.328 e. The fourth-order valence-electron chi connectivity index (χ4n) is 2.67. The number of methoxy groups -OCH3 is 1. The molecule has 0 atom stereocenters. The van der Waals surface area contributed by atoms with Gasteiger partial charge in [0.2, 0.25) is 0 Å². The van der Waals surface area contributed by atoms with E-state index < -0.39 is 0 Å². The zero-order valence-electron chi connectivity index (χ0n) is 16.2. The third-order valence-corrected chi connectivity index (χ3v) is 4.54. The van der Waals surface area contributed by atoms with E-state index in [1.165, 1.54) is 4.57 Å². The van der Waals surface area contributed by atoms with Crippen LogP contribution in [-0.4, -0.2) is 52.0 Å². The summed E-state index contributed by atoms with van der Waals surface area (Å²) in [4.78, 5) is 23.5. The molecule has 0 amide bonds. The number of thiocarbonyl (C=S) groups is 1. The van der Waals surface area contributed by atoms with Gasteiger partial charge in [-0.25, -0.2) is 4.79 Å². The molecular weight excluding hydrogens is 394 g/mol. The lowest BCUT2D eigenvalue weighted by molar-refractivity contribution is 0.141. The number of hydrogen-bond acceptors (Lipinski definition) is 7. The van der Waals surface area contributed by atoms with Gasteiger partial charge in [0.25, 0.3) is 0 Å². The molecular formula is C18H23N7O3S. The van der Waals surface area contributed by atoms with Crippen LogP contribution in [-0.2, 0) is 17.8 Å². The molecule has 0 aliphatic heterocycles. The average Bonchev–Trinajstić information content (AvgIpc) is 3.03. The number of rotatable bonds is 8. The summed E-state index contributed by atoms with van der Waals surface area (Å²) in [6.07, 6.45) is 0. The second-order valence-electron chi connectivity index (χ2n) is 6.20. The summed E-state index contributed by atoms with van der Waals surface area (Å²) in [5.41, 5.74) is 8.42. The first-order valence-corrected chi connectivity index (χ1v) is 9.33. The number of hydrogen-bond donors (Lipinski definition) is 4. The third-order valence-electron chi connectivity index (χ3n) is 4.19. The lowest BCUT2D eigenvalue weighted by Gasteiger charge is -2.09. The Bertz CT molecular complexity index is 1050. The minimum absolute atomic E-state index is 0.0988. The highest BCUT2D eigenvalue weighted by atomic mass is 32.1. The zero-order valence-corrected chi connectivity index (χ0v) is 17.0. The highest BCUT2D eigenvalue weighted by Crippen LogP contribution is 2.18. The van der Waals surface area contributed by atoms with Crippen molar-refractivity contribution in [3.8, 4) is 6.01 Å². The second-order valence-corrected chi connectivity index (χ2v) is 6.61. The number of anilines is 1. The molecule has 29 heavy (non-hydrogen) atoms. The van der Waals surface area contributed by atoms with Gasteiger partial charge in [-0.3, -0.25) is 4.57 Å². The van der Waals surface area contributed by atoms with Crippen LogP contribution in [0.3, 0.4) is 0 Å². The molecule has 0 aliphatic carbocycles. The Kier molecular flexibility index (Phi) is 6.62. The highest BCUT2D eigenvalue weighted by Gasteiger charge is 2.15. The Morgan fingerprint density at radius 2 is 1.97 bits per heavy atom. The number of nitrogens with one attached hydrogen (secondary N) is 3. The number of nitrogens with two attached hydrogens (primary N) is 1. The normalized spacial score (nSPS) is 10.8. The number of ether oxygens (including phenoxy) is 2. The van der Waals surface area contributed by atoms with Gasteiger partial charge in [-0.2, -0.15) is 9.97 Å². The molecule has 0 saturated heterocycles. The van der Waals surface area contributed by atoms with Gasteiger partial charge in [0.05, 0.1) is 13.2 Å². The minimum atomic E-state index is -0.319. The Morgan fingerprint density at radius 3 is 2.66 bits per heavy atom. The molecule has 0 radical (unpaired) electrons. The molecule has 10 nitrogen and oxygen atoms in total. The van der Waals surface area contributed by atoms with Gasteiger partial charge in [-0.15, -0.1) is 0 Å². The molecule has 2 aromatic heterocycles. The Balaban J connectivity index is 1.81. The number of fused-ring (bicyclic) bond motifs is 1. The van der Waals surface area contributed by atoms with Crippen LogP contribution >= 0.6 is 12.2 Å². The molecule has 0 spiro atoms. The summed E-state index contributed by atoms with van der Waals surface area (Å²) in [6.45, 7) is 1.61. The van der Waals surface area contributed by atoms with Gasteiger partial charge in [-0.05, 0) is 23.3 Å². The summed E-state index contributed by atoms with van der Waals surface area (Å²) >= 11 is 5.07. The fourth-order valence-corrected chi connectivity index (χ4v) is 2.75. The number of nitrogen functional groups attached to an aromatic ring is 1. The summed E-state index contributed by atoms with van der Waals surface area (Å²) in [5.74, 6) is 0.153. The van der Waals surface area contributed by atoms with Crippen LogP contribution < -0.4 is 26.8 Å². The Labute approximate surface area is 172 Å². The van der Waals surface area contributed by atoms with Crippen molar-refractivity contribution < 1.29 is 9.47 Å². The van der Waals surface area contributed by atoms with E-state index in [4.69, 9.17) is 27.4 Å². The lowest BCUT2D eigenvalue weighted by atomic mass is 10.1.